The fourth-order valence-electron chi connectivity index (χ4n) is 7.34. The number of fused-ring (bicyclic) bond motifs is 2. The summed E-state index contributed by atoms with van der Waals surface area (Å²) >= 11 is 0. The second-order valence-electron chi connectivity index (χ2n) is 9.46. The predicted molar refractivity (Wildman–Crippen MR) is 87.1 cm³/mol. The highest BCUT2D eigenvalue weighted by molar-refractivity contribution is 5.26. The van der Waals surface area contributed by atoms with Crippen molar-refractivity contribution in [2.24, 2.45) is 28.1 Å². The van der Waals surface area contributed by atoms with E-state index in [9.17, 15) is 0 Å². The maximum Gasteiger partial charge on any atom is 0.0769 e. The summed E-state index contributed by atoms with van der Waals surface area (Å²) in [4.78, 5) is 0. The minimum Gasteiger partial charge on any atom is -0.374 e. The highest BCUT2D eigenvalue weighted by atomic mass is 16.5. The summed E-state index contributed by atoms with van der Waals surface area (Å²) in [5.74, 6) is 1.87. The first-order valence-electron chi connectivity index (χ1n) is 9.15. The van der Waals surface area contributed by atoms with Gasteiger partial charge in [0.05, 0.1) is 12.2 Å². The quantitative estimate of drug-likeness (QED) is 0.636. The maximum absolute atomic E-state index is 6.21. The lowest BCUT2D eigenvalue weighted by molar-refractivity contribution is -0.406. The Kier molecular flexibility index (Phi) is 2.83. The molecule has 0 aromatic heterocycles. The zero-order valence-electron chi connectivity index (χ0n) is 14.2. The second kappa shape index (κ2) is 4.16. The number of hydrogen-bond acceptors (Lipinski definition) is 1. The molecule has 1 heterocycles. The van der Waals surface area contributed by atoms with E-state index < -0.39 is 0 Å². The normalized spacial score (nSPS) is 53.5. The van der Waals surface area contributed by atoms with Gasteiger partial charge in [-0.1, -0.05) is 33.3 Å². The molecule has 21 heavy (non-hydrogen) atoms. The van der Waals surface area contributed by atoms with Crippen LogP contribution in [0.4, 0.5) is 0 Å². The van der Waals surface area contributed by atoms with Crippen LogP contribution >= 0.6 is 0 Å². The molecule has 4 fully saturated rings. The summed E-state index contributed by atoms with van der Waals surface area (Å²) < 4.78 is 6.21. The van der Waals surface area contributed by atoms with Crippen LogP contribution in [-0.2, 0) is 4.74 Å². The van der Waals surface area contributed by atoms with E-state index in [1.807, 2.05) is 0 Å². The van der Waals surface area contributed by atoms with Crippen molar-refractivity contribution in [3.63, 3.8) is 0 Å². The van der Waals surface area contributed by atoms with Gasteiger partial charge in [-0.3, -0.25) is 0 Å². The summed E-state index contributed by atoms with van der Waals surface area (Å²) in [6.45, 7) is 12.7. The van der Waals surface area contributed by atoms with Crippen LogP contribution in [0.15, 0.2) is 12.7 Å². The van der Waals surface area contributed by atoms with E-state index in [1.54, 1.807) is 0 Å². The highest BCUT2D eigenvalue weighted by Gasteiger charge is 2.78. The summed E-state index contributed by atoms with van der Waals surface area (Å²) in [6.07, 6.45) is 13.0. The third-order valence-electron chi connectivity index (χ3n) is 8.42. The van der Waals surface area contributed by atoms with Gasteiger partial charge in [0.2, 0.25) is 0 Å². The molecular formula is C20H32O. The molecule has 1 spiro atoms. The van der Waals surface area contributed by atoms with Crippen LogP contribution in [0.25, 0.3) is 0 Å². The molecule has 4 aliphatic rings. The van der Waals surface area contributed by atoms with Crippen molar-refractivity contribution in [1.29, 1.82) is 0 Å². The van der Waals surface area contributed by atoms with Gasteiger partial charge >= 0.3 is 0 Å². The Bertz CT molecular complexity index is 466. The largest absolute Gasteiger partial charge is 0.374 e. The minimum atomic E-state index is 0.251. The van der Waals surface area contributed by atoms with E-state index >= 15 is 0 Å². The Hall–Kier alpha value is -0.300. The fraction of sp³-hybridized carbons (Fsp3) is 0.900. The lowest BCUT2D eigenvalue weighted by Gasteiger charge is -2.79. The minimum absolute atomic E-state index is 0.251. The van der Waals surface area contributed by atoms with E-state index in [0.29, 0.717) is 16.2 Å². The van der Waals surface area contributed by atoms with Gasteiger partial charge in [0, 0.05) is 5.41 Å². The summed E-state index contributed by atoms with van der Waals surface area (Å²) in [5.41, 5.74) is 1.94. The summed E-state index contributed by atoms with van der Waals surface area (Å²) in [7, 11) is 0. The average molecular weight is 288 g/mol. The molecule has 5 atom stereocenters. The molecular weight excluding hydrogens is 256 g/mol. The van der Waals surface area contributed by atoms with Gasteiger partial charge in [-0.2, -0.15) is 0 Å². The van der Waals surface area contributed by atoms with Gasteiger partial charge in [0.15, 0.2) is 0 Å². The molecule has 3 aliphatic carbocycles. The van der Waals surface area contributed by atoms with Crippen molar-refractivity contribution in [3.05, 3.63) is 12.7 Å². The molecule has 1 heteroatoms. The zero-order chi connectivity index (χ0) is 14.9. The molecule has 0 radical (unpaired) electrons. The number of rotatable bonds is 3. The number of ether oxygens (including phenoxy) is 1. The zero-order valence-corrected chi connectivity index (χ0v) is 14.2. The van der Waals surface area contributed by atoms with Crippen LogP contribution in [0, 0.1) is 28.1 Å². The van der Waals surface area contributed by atoms with Crippen molar-refractivity contribution in [2.75, 3.05) is 6.61 Å². The first kappa shape index (κ1) is 14.3. The van der Waals surface area contributed by atoms with Crippen LogP contribution in [-0.4, -0.2) is 12.2 Å². The molecule has 1 saturated heterocycles. The Morgan fingerprint density at radius 1 is 1.14 bits per heavy atom. The lowest BCUT2D eigenvalue weighted by Crippen LogP contribution is -2.80. The van der Waals surface area contributed by atoms with Crippen molar-refractivity contribution in [3.8, 4) is 0 Å². The van der Waals surface area contributed by atoms with E-state index in [1.165, 1.54) is 44.9 Å². The van der Waals surface area contributed by atoms with Crippen LogP contribution in [0.1, 0.15) is 72.1 Å². The van der Waals surface area contributed by atoms with Crippen molar-refractivity contribution in [2.45, 2.75) is 77.7 Å². The van der Waals surface area contributed by atoms with Crippen molar-refractivity contribution >= 4 is 0 Å². The third-order valence-corrected chi connectivity index (χ3v) is 8.42. The standard InChI is InChI=1S/C20H32O/c1-5-6-11-20-13-16-18(4)10-7-9-17(2,3)15(18)8-12-19(16,20)14-21-20/h5,15-16H,1,6-14H2,2-4H3/t15-,16+,18-,19-,20+/m0/s1. The molecule has 0 N–H and O–H groups in total. The van der Waals surface area contributed by atoms with Crippen LogP contribution < -0.4 is 0 Å². The first-order chi connectivity index (χ1) is 9.90. The first-order valence-corrected chi connectivity index (χ1v) is 9.15. The lowest BCUT2D eigenvalue weighted by atomic mass is 9.31. The molecule has 4 rings (SSSR count). The molecule has 3 saturated carbocycles. The Balaban J connectivity index is 1.63. The Morgan fingerprint density at radius 3 is 2.62 bits per heavy atom. The third kappa shape index (κ3) is 1.52. The molecule has 1 nitrogen and oxygen atoms in total. The Morgan fingerprint density at radius 2 is 1.95 bits per heavy atom. The predicted octanol–water partition coefficient (Wildman–Crippen LogP) is 5.35. The molecule has 0 unspecified atom stereocenters. The van der Waals surface area contributed by atoms with Gasteiger partial charge < -0.3 is 4.74 Å². The Labute approximate surface area is 130 Å². The van der Waals surface area contributed by atoms with Gasteiger partial charge in [-0.05, 0) is 67.6 Å². The molecule has 0 amide bonds. The van der Waals surface area contributed by atoms with Crippen molar-refractivity contribution in [1.82, 2.24) is 0 Å². The van der Waals surface area contributed by atoms with Gasteiger partial charge in [-0.15, -0.1) is 6.58 Å². The number of hydrogen-bond donors (Lipinski definition) is 0. The summed E-state index contributed by atoms with van der Waals surface area (Å²) in [6, 6.07) is 0. The van der Waals surface area contributed by atoms with Crippen LogP contribution in [0.3, 0.4) is 0 Å². The van der Waals surface area contributed by atoms with Gasteiger partial charge in [0.1, 0.15) is 0 Å². The maximum atomic E-state index is 6.21. The van der Waals surface area contributed by atoms with E-state index in [0.717, 1.165) is 24.9 Å². The summed E-state index contributed by atoms with van der Waals surface area (Å²) in [5, 5.41) is 0. The molecule has 0 aromatic rings. The van der Waals surface area contributed by atoms with Gasteiger partial charge in [-0.25, -0.2) is 0 Å². The molecule has 118 valence electrons. The van der Waals surface area contributed by atoms with E-state index in [4.69, 9.17) is 4.74 Å². The SMILES string of the molecule is C=CCC[C@@]12C[C@@H]3[C@@]4(C)CCCC(C)(C)[C@@H]4CC[C@]31CO2. The fourth-order valence-corrected chi connectivity index (χ4v) is 7.34. The average Bonchev–Trinajstić information content (AvgIpc) is 2.42. The van der Waals surface area contributed by atoms with Crippen LogP contribution in [0.2, 0.25) is 0 Å². The molecule has 0 bridgehead atoms. The van der Waals surface area contributed by atoms with Crippen molar-refractivity contribution < 1.29 is 4.74 Å². The monoisotopic (exact) mass is 288 g/mol. The van der Waals surface area contributed by atoms with Crippen LogP contribution in [0.5, 0.6) is 0 Å². The molecule has 1 aliphatic heterocycles. The topological polar surface area (TPSA) is 9.23 Å². The van der Waals surface area contributed by atoms with E-state index in [2.05, 4.69) is 33.4 Å². The molecule has 0 aromatic carbocycles. The second-order valence-corrected chi connectivity index (χ2v) is 9.46. The number of allylic oxidation sites excluding steroid dienone is 1. The smallest absolute Gasteiger partial charge is 0.0769 e. The highest BCUT2D eigenvalue weighted by Crippen LogP contribution is 2.78. The van der Waals surface area contributed by atoms with E-state index in [-0.39, 0.29) is 5.60 Å². The van der Waals surface area contributed by atoms with Gasteiger partial charge in [0.25, 0.3) is 0 Å².